The molecule has 0 amide bonds. The van der Waals surface area contributed by atoms with Crippen LogP contribution < -0.4 is 9.64 Å². The van der Waals surface area contributed by atoms with E-state index >= 15 is 0 Å². The lowest BCUT2D eigenvalue weighted by Gasteiger charge is -2.38. The van der Waals surface area contributed by atoms with Crippen LogP contribution in [0.4, 0.5) is 5.82 Å². The van der Waals surface area contributed by atoms with Gasteiger partial charge in [-0.05, 0) is 56.2 Å². The molecule has 2 aliphatic heterocycles. The third-order valence-corrected chi connectivity index (χ3v) is 8.29. The number of hydrogen-bond donors (Lipinski definition) is 2. The molecular formula is C28H33Cl2N3O3. The molecule has 3 aromatic rings. The van der Waals surface area contributed by atoms with Crippen LogP contribution in [0.5, 0.6) is 5.75 Å². The summed E-state index contributed by atoms with van der Waals surface area (Å²) in [4.78, 5) is 19.8. The van der Waals surface area contributed by atoms with Crippen molar-refractivity contribution < 1.29 is 14.6 Å². The Morgan fingerprint density at radius 2 is 1.75 bits per heavy atom. The van der Waals surface area contributed by atoms with Crippen LogP contribution in [0.2, 0.25) is 10.0 Å². The third kappa shape index (κ3) is 5.93. The molecule has 2 fully saturated rings. The van der Waals surface area contributed by atoms with E-state index in [4.69, 9.17) is 27.9 Å². The predicted molar refractivity (Wildman–Crippen MR) is 146 cm³/mol. The predicted octanol–water partition coefficient (Wildman–Crippen LogP) is 6.25. The molecule has 2 aliphatic rings. The Bertz CT molecular complexity index is 1200. The monoisotopic (exact) mass is 529 g/mol. The van der Waals surface area contributed by atoms with Crippen molar-refractivity contribution in [2.24, 2.45) is 5.92 Å². The van der Waals surface area contributed by atoms with Crippen LogP contribution in [0, 0.1) is 5.92 Å². The fraction of sp³-hybridized carbons (Fsp3) is 0.464. The lowest BCUT2D eigenvalue weighted by Crippen LogP contribution is -2.43. The number of likely N-dealkylation sites (tertiary alicyclic amines) is 1. The van der Waals surface area contributed by atoms with Gasteiger partial charge in [0.1, 0.15) is 17.7 Å². The van der Waals surface area contributed by atoms with Gasteiger partial charge in [0.25, 0.3) is 0 Å². The molecule has 3 heterocycles. The molecule has 5 rings (SSSR count). The summed E-state index contributed by atoms with van der Waals surface area (Å²) in [6.45, 7) is 5.22. The molecule has 0 radical (unpaired) electrons. The molecule has 2 aromatic carbocycles. The summed E-state index contributed by atoms with van der Waals surface area (Å²) in [6, 6.07) is 13.7. The van der Waals surface area contributed by atoms with Crippen LogP contribution in [-0.4, -0.2) is 59.8 Å². The highest BCUT2D eigenvalue weighted by atomic mass is 35.5. The van der Waals surface area contributed by atoms with Crippen LogP contribution >= 0.6 is 23.2 Å². The quantitative estimate of drug-likeness (QED) is 0.360. The van der Waals surface area contributed by atoms with E-state index in [1.807, 2.05) is 18.2 Å². The van der Waals surface area contributed by atoms with Gasteiger partial charge in [-0.25, -0.2) is 0 Å². The lowest BCUT2D eigenvalue weighted by atomic mass is 9.94. The topological polar surface area (TPSA) is 68.8 Å². The molecule has 0 aliphatic carbocycles. The molecule has 0 unspecified atom stereocenters. The van der Waals surface area contributed by atoms with Crippen molar-refractivity contribution in [3.8, 4) is 5.75 Å². The molecule has 2 N–H and O–H groups in total. The highest BCUT2D eigenvalue weighted by molar-refractivity contribution is 6.42. The smallest absolute Gasteiger partial charge is 0.303 e. The molecular weight excluding hydrogens is 497 g/mol. The van der Waals surface area contributed by atoms with Gasteiger partial charge in [0.2, 0.25) is 0 Å². The van der Waals surface area contributed by atoms with Crippen molar-refractivity contribution in [3.63, 3.8) is 0 Å². The number of anilines is 1. The number of aromatic amines is 1. The van der Waals surface area contributed by atoms with Gasteiger partial charge in [-0.1, -0.05) is 41.4 Å². The largest absolute Gasteiger partial charge is 0.490 e. The number of carboxylic acids is 1. The number of fused-ring (bicyclic) bond motifs is 1. The number of carbonyl (C=O) groups is 1. The Hall–Kier alpha value is -2.41. The zero-order valence-corrected chi connectivity index (χ0v) is 21.9. The number of rotatable bonds is 8. The number of aryl methyl sites for hydroxylation is 1. The lowest BCUT2D eigenvalue weighted by molar-refractivity contribution is -0.136. The molecule has 8 heteroatoms. The van der Waals surface area contributed by atoms with Gasteiger partial charge in [0.05, 0.1) is 10.0 Å². The number of hydrogen-bond acceptors (Lipinski definition) is 4. The second-order valence-corrected chi connectivity index (χ2v) is 10.8. The van der Waals surface area contributed by atoms with E-state index in [1.165, 1.54) is 0 Å². The number of nitrogens with one attached hydrogen (secondary N) is 1. The zero-order valence-electron chi connectivity index (χ0n) is 20.4. The maximum absolute atomic E-state index is 11.2. The van der Waals surface area contributed by atoms with Gasteiger partial charge in [0, 0.05) is 61.7 Å². The van der Waals surface area contributed by atoms with Gasteiger partial charge in [-0.3, -0.25) is 4.79 Å². The minimum absolute atomic E-state index is 0.149. The van der Waals surface area contributed by atoms with E-state index < -0.39 is 5.97 Å². The molecule has 2 saturated heterocycles. The molecule has 1 aromatic heterocycles. The van der Waals surface area contributed by atoms with Crippen molar-refractivity contribution in [3.05, 3.63) is 58.1 Å². The van der Waals surface area contributed by atoms with E-state index in [-0.39, 0.29) is 12.5 Å². The fourth-order valence-corrected chi connectivity index (χ4v) is 5.89. The van der Waals surface area contributed by atoms with Crippen LogP contribution in [0.15, 0.2) is 42.5 Å². The van der Waals surface area contributed by atoms with Crippen LogP contribution in [0.25, 0.3) is 10.9 Å². The van der Waals surface area contributed by atoms with Crippen molar-refractivity contribution >= 4 is 45.9 Å². The molecule has 0 bridgehead atoms. The normalized spacial score (nSPS) is 18.1. The number of benzene rings is 2. The van der Waals surface area contributed by atoms with Crippen molar-refractivity contribution in [1.29, 1.82) is 0 Å². The summed E-state index contributed by atoms with van der Waals surface area (Å²) in [6.07, 6.45) is 5.24. The highest BCUT2D eigenvalue weighted by Crippen LogP contribution is 2.33. The maximum Gasteiger partial charge on any atom is 0.303 e. The van der Waals surface area contributed by atoms with Crippen LogP contribution in [0.3, 0.4) is 0 Å². The van der Waals surface area contributed by atoms with E-state index in [1.54, 1.807) is 12.1 Å². The van der Waals surface area contributed by atoms with Crippen molar-refractivity contribution in [2.75, 3.05) is 37.6 Å². The minimum Gasteiger partial charge on any atom is -0.490 e. The summed E-state index contributed by atoms with van der Waals surface area (Å²) in [5.41, 5.74) is 2.22. The number of para-hydroxylation sites is 1. The van der Waals surface area contributed by atoms with Gasteiger partial charge in [-0.2, -0.15) is 0 Å². The second kappa shape index (κ2) is 11.3. The first-order valence-corrected chi connectivity index (χ1v) is 13.6. The summed E-state index contributed by atoms with van der Waals surface area (Å²) >= 11 is 12.1. The summed E-state index contributed by atoms with van der Waals surface area (Å²) < 4.78 is 6.15. The first-order chi connectivity index (χ1) is 17.5. The Kier molecular flexibility index (Phi) is 7.94. The van der Waals surface area contributed by atoms with E-state index in [0.29, 0.717) is 22.4 Å². The Morgan fingerprint density at radius 1 is 1.00 bits per heavy atom. The van der Waals surface area contributed by atoms with Gasteiger partial charge in [-0.15, -0.1) is 0 Å². The number of H-pyrrole nitrogens is 1. The number of aromatic nitrogens is 1. The summed E-state index contributed by atoms with van der Waals surface area (Å²) in [7, 11) is 0. The Morgan fingerprint density at radius 3 is 2.47 bits per heavy atom. The molecule has 0 saturated carbocycles. The average Bonchev–Trinajstić information content (AvgIpc) is 3.25. The molecule has 192 valence electrons. The first-order valence-electron chi connectivity index (χ1n) is 12.9. The fourth-order valence-electron chi connectivity index (χ4n) is 5.60. The van der Waals surface area contributed by atoms with E-state index in [9.17, 15) is 9.90 Å². The maximum atomic E-state index is 11.2. The third-order valence-electron chi connectivity index (χ3n) is 7.56. The molecule has 0 spiro atoms. The van der Waals surface area contributed by atoms with Crippen LogP contribution in [0.1, 0.15) is 37.7 Å². The minimum atomic E-state index is -0.754. The van der Waals surface area contributed by atoms with Crippen molar-refractivity contribution in [2.45, 2.75) is 44.6 Å². The average molecular weight is 530 g/mol. The Balaban J connectivity index is 1.12. The number of halogens is 2. The number of carboxylic acid groups (broad SMARTS) is 1. The van der Waals surface area contributed by atoms with Gasteiger partial charge >= 0.3 is 5.97 Å². The number of piperidine rings is 2. The summed E-state index contributed by atoms with van der Waals surface area (Å²) in [5, 5.41) is 11.5. The number of nitrogens with zero attached hydrogens (tertiary/aromatic N) is 2. The Labute approximate surface area is 222 Å². The molecule has 0 atom stereocenters. The van der Waals surface area contributed by atoms with Gasteiger partial charge in [0.15, 0.2) is 0 Å². The van der Waals surface area contributed by atoms with E-state index in [0.717, 1.165) is 86.4 Å². The standard InChI is InChI=1S/C28H33Cl2N3O3/c29-24-7-5-21(17-25(24)30)36-20-11-13-32(14-12-20)18-19-9-15-33(16-10-19)28-23(6-8-27(34)35)22-3-1-2-4-26(22)31-28/h1-5,7,17,19-20,31H,6,8-16,18H2,(H,34,35). The molecule has 36 heavy (non-hydrogen) atoms. The summed E-state index contributed by atoms with van der Waals surface area (Å²) in [5.74, 6) is 1.82. The van der Waals surface area contributed by atoms with E-state index in [2.05, 4.69) is 26.9 Å². The molecule has 6 nitrogen and oxygen atoms in total. The number of aliphatic carboxylic acids is 1. The zero-order chi connectivity index (χ0) is 25.1. The van der Waals surface area contributed by atoms with Crippen molar-refractivity contribution in [1.82, 2.24) is 9.88 Å². The van der Waals surface area contributed by atoms with Crippen LogP contribution in [-0.2, 0) is 11.2 Å². The second-order valence-electron chi connectivity index (χ2n) is 10.0. The highest BCUT2D eigenvalue weighted by Gasteiger charge is 2.27. The number of ether oxygens (including phenoxy) is 1. The van der Waals surface area contributed by atoms with Gasteiger partial charge < -0.3 is 24.6 Å². The SMILES string of the molecule is O=C(O)CCc1c(N2CCC(CN3CCC(Oc4ccc(Cl)c(Cl)c4)CC3)CC2)[nH]c2ccccc12. The first kappa shape index (κ1) is 25.2.